The first-order valence-electron chi connectivity index (χ1n) is 10.8. The zero-order valence-electron chi connectivity index (χ0n) is 17.1. The normalized spacial score (nSPS) is 19.1. The number of fused-ring (bicyclic) bond motifs is 1. The van der Waals surface area contributed by atoms with E-state index in [4.69, 9.17) is 4.74 Å². The van der Waals surface area contributed by atoms with Crippen molar-refractivity contribution in [2.45, 2.75) is 31.8 Å². The highest BCUT2D eigenvalue weighted by Crippen LogP contribution is 2.25. The predicted octanol–water partition coefficient (Wildman–Crippen LogP) is 4.78. The third-order valence-corrected chi connectivity index (χ3v) is 6.13. The highest BCUT2D eigenvalue weighted by molar-refractivity contribution is 5.83. The number of ether oxygens (including phenoxy) is 1. The van der Waals surface area contributed by atoms with Crippen LogP contribution < -0.4 is 0 Å². The van der Waals surface area contributed by atoms with Crippen molar-refractivity contribution < 1.29 is 9.53 Å². The van der Waals surface area contributed by atoms with Crippen LogP contribution in [-0.4, -0.2) is 41.6 Å². The average Bonchev–Trinajstić information content (AvgIpc) is 3.34. The van der Waals surface area contributed by atoms with Gasteiger partial charge in [-0.15, -0.1) is 0 Å². The Balaban J connectivity index is 1.23. The monoisotopic (exact) mass is 398 g/mol. The van der Waals surface area contributed by atoms with Crippen LogP contribution in [0.3, 0.4) is 0 Å². The first kappa shape index (κ1) is 19.0. The quantitative estimate of drug-likeness (QED) is 0.594. The van der Waals surface area contributed by atoms with E-state index in [1.54, 1.807) is 0 Å². The maximum absolute atomic E-state index is 12.5. The molecule has 1 saturated heterocycles. The third-order valence-electron chi connectivity index (χ3n) is 6.13. The third kappa shape index (κ3) is 4.01. The van der Waals surface area contributed by atoms with Crippen molar-refractivity contribution in [1.82, 2.24) is 9.88 Å². The van der Waals surface area contributed by atoms with E-state index in [9.17, 15) is 4.79 Å². The minimum Gasteiger partial charge on any atom is -0.368 e. The van der Waals surface area contributed by atoms with Crippen LogP contribution in [0.15, 0.2) is 72.4 Å². The second kappa shape index (κ2) is 8.41. The molecule has 152 valence electrons. The molecule has 1 atom stereocenters. The van der Waals surface area contributed by atoms with Crippen molar-refractivity contribution in [2.24, 2.45) is 0 Å². The van der Waals surface area contributed by atoms with E-state index in [2.05, 4.69) is 47.5 Å². The second-order valence-corrected chi connectivity index (χ2v) is 8.19. The number of hydrogen-bond donors (Lipinski definition) is 0. The van der Waals surface area contributed by atoms with E-state index in [0.29, 0.717) is 6.54 Å². The van der Waals surface area contributed by atoms with Gasteiger partial charge in [-0.1, -0.05) is 54.1 Å². The summed E-state index contributed by atoms with van der Waals surface area (Å²) in [6, 6.07) is 19.2. The van der Waals surface area contributed by atoms with Crippen LogP contribution in [0.4, 0.5) is 0 Å². The summed E-state index contributed by atoms with van der Waals surface area (Å²) < 4.78 is 5.55. The molecule has 0 aliphatic carbocycles. The highest BCUT2D eigenvalue weighted by Gasteiger charge is 2.28. The summed E-state index contributed by atoms with van der Waals surface area (Å²) in [5.74, 6) is 0.163. The van der Waals surface area contributed by atoms with Gasteiger partial charge in [0.05, 0.1) is 5.52 Å². The highest BCUT2D eigenvalue weighted by atomic mass is 16.5. The summed E-state index contributed by atoms with van der Waals surface area (Å²) in [6.07, 6.45) is 7.70. The van der Waals surface area contributed by atoms with Gasteiger partial charge in [0.2, 0.25) is 0 Å². The van der Waals surface area contributed by atoms with Crippen LogP contribution >= 0.6 is 0 Å². The molecule has 2 aliphatic heterocycles. The van der Waals surface area contributed by atoms with Gasteiger partial charge in [0.1, 0.15) is 6.10 Å². The molecule has 2 aliphatic rings. The summed E-state index contributed by atoms with van der Waals surface area (Å²) in [4.78, 5) is 19.0. The average molecular weight is 399 g/mol. The summed E-state index contributed by atoms with van der Waals surface area (Å²) in [5.41, 5.74) is 6.06. The van der Waals surface area contributed by atoms with E-state index < -0.39 is 0 Å². The van der Waals surface area contributed by atoms with Gasteiger partial charge in [-0.3, -0.25) is 9.78 Å². The Morgan fingerprint density at radius 1 is 1.10 bits per heavy atom. The lowest BCUT2D eigenvalue weighted by atomic mass is 9.97. The first-order valence-corrected chi connectivity index (χ1v) is 10.8. The molecule has 1 amide bonds. The number of hydrogen-bond acceptors (Lipinski definition) is 3. The molecule has 0 bridgehead atoms. The number of carbonyl (C=O) groups excluding carboxylic acids is 1. The van der Waals surface area contributed by atoms with Crippen molar-refractivity contribution in [1.29, 1.82) is 0 Å². The maximum Gasteiger partial charge on any atom is 0.251 e. The Hall–Kier alpha value is -2.98. The summed E-state index contributed by atoms with van der Waals surface area (Å²) in [7, 11) is 0. The Bertz CT molecular complexity index is 1080. The van der Waals surface area contributed by atoms with Gasteiger partial charge in [-0.25, -0.2) is 0 Å². The number of aromatic nitrogens is 1. The summed E-state index contributed by atoms with van der Waals surface area (Å²) in [6.45, 7) is 2.22. The summed E-state index contributed by atoms with van der Waals surface area (Å²) in [5, 5.41) is 1.16. The van der Waals surface area contributed by atoms with Crippen LogP contribution in [0, 0.1) is 0 Å². The number of amides is 1. The number of benzene rings is 2. The van der Waals surface area contributed by atoms with Crippen LogP contribution in [0.25, 0.3) is 22.0 Å². The van der Waals surface area contributed by atoms with Crippen molar-refractivity contribution in [3.63, 3.8) is 0 Å². The largest absolute Gasteiger partial charge is 0.368 e. The molecule has 0 N–H and O–H groups in total. The number of carbonyl (C=O) groups is 1. The Morgan fingerprint density at radius 3 is 2.73 bits per heavy atom. The smallest absolute Gasteiger partial charge is 0.251 e. The molecule has 1 aromatic heterocycles. The minimum atomic E-state index is -0.211. The van der Waals surface area contributed by atoms with Gasteiger partial charge in [-0.2, -0.15) is 0 Å². The van der Waals surface area contributed by atoms with E-state index >= 15 is 0 Å². The van der Waals surface area contributed by atoms with Gasteiger partial charge in [0, 0.05) is 36.8 Å². The molecule has 4 nitrogen and oxygen atoms in total. The van der Waals surface area contributed by atoms with Crippen molar-refractivity contribution >= 4 is 16.8 Å². The van der Waals surface area contributed by atoms with E-state index in [1.165, 1.54) is 16.7 Å². The van der Waals surface area contributed by atoms with Crippen LogP contribution in [0.2, 0.25) is 0 Å². The molecular formula is C26H26N2O2. The fourth-order valence-corrected chi connectivity index (χ4v) is 4.35. The van der Waals surface area contributed by atoms with E-state index in [1.807, 2.05) is 29.3 Å². The van der Waals surface area contributed by atoms with Gasteiger partial charge in [-0.05, 0) is 48.9 Å². The molecule has 0 spiro atoms. The fraction of sp³-hybridized carbons (Fsp3) is 0.308. The zero-order chi connectivity index (χ0) is 20.3. The Morgan fingerprint density at radius 2 is 1.97 bits per heavy atom. The molecule has 4 heteroatoms. The second-order valence-electron chi connectivity index (χ2n) is 8.19. The van der Waals surface area contributed by atoms with Gasteiger partial charge in [0.25, 0.3) is 5.91 Å². The Labute approximate surface area is 177 Å². The van der Waals surface area contributed by atoms with Crippen LogP contribution in [-0.2, 0) is 16.0 Å². The lowest BCUT2D eigenvalue weighted by molar-refractivity contribution is -0.140. The molecule has 0 saturated carbocycles. The lowest BCUT2D eigenvalue weighted by Gasteiger charge is -2.28. The standard InChI is InChI=1S/C26H26N2O2/c29-26(25-6-3-15-30-25)28-13-11-20(12-14-28)16-19-7-9-21(10-8-19)23-17-22-4-1-2-5-24(22)27-18-23/h1-2,4-5,7-11,17-18,25H,3,6,12-16H2/t25-/m0/s1. The van der Waals surface area contributed by atoms with Gasteiger partial charge in [0.15, 0.2) is 0 Å². The first-order chi connectivity index (χ1) is 14.8. The number of para-hydroxylation sites is 1. The number of nitrogens with zero attached hydrogens (tertiary/aromatic N) is 2. The number of pyridine rings is 1. The lowest BCUT2D eigenvalue weighted by Crippen LogP contribution is -2.41. The predicted molar refractivity (Wildman–Crippen MR) is 119 cm³/mol. The molecule has 3 heterocycles. The SMILES string of the molecule is O=C([C@@H]1CCCO1)N1CC=C(Cc2ccc(-c3cnc4ccccc4c3)cc2)CC1. The van der Waals surface area contributed by atoms with Crippen molar-refractivity contribution in [2.75, 3.05) is 19.7 Å². The van der Waals surface area contributed by atoms with Gasteiger partial charge < -0.3 is 9.64 Å². The Kier molecular flexibility index (Phi) is 5.33. The van der Waals surface area contributed by atoms with E-state index in [0.717, 1.165) is 55.3 Å². The molecular weight excluding hydrogens is 372 g/mol. The molecule has 3 aromatic rings. The molecule has 5 rings (SSSR count). The van der Waals surface area contributed by atoms with Crippen molar-refractivity contribution in [3.05, 3.63) is 78.0 Å². The molecule has 30 heavy (non-hydrogen) atoms. The molecule has 0 radical (unpaired) electrons. The van der Waals surface area contributed by atoms with E-state index in [-0.39, 0.29) is 12.0 Å². The fourth-order valence-electron chi connectivity index (χ4n) is 4.35. The summed E-state index contributed by atoms with van der Waals surface area (Å²) >= 11 is 0. The van der Waals surface area contributed by atoms with Crippen molar-refractivity contribution in [3.8, 4) is 11.1 Å². The minimum absolute atomic E-state index is 0.163. The zero-order valence-corrected chi connectivity index (χ0v) is 17.1. The van der Waals surface area contributed by atoms with Crippen LogP contribution in [0.5, 0.6) is 0 Å². The topological polar surface area (TPSA) is 42.4 Å². The van der Waals surface area contributed by atoms with Crippen LogP contribution in [0.1, 0.15) is 24.8 Å². The number of rotatable bonds is 4. The molecule has 1 fully saturated rings. The molecule has 2 aromatic carbocycles. The maximum atomic E-state index is 12.5. The van der Waals surface area contributed by atoms with Gasteiger partial charge >= 0.3 is 0 Å². The molecule has 0 unspecified atom stereocenters.